The summed E-state index contributed by atoms with van der Waals surface area (Å²) in [7, 11) is 5.87. The summed E-state index contributed by atoms with van der Waals surface area (Å²) in [6.07, 6.45) is 6.95. The number of hydrogen-bond acceptors (Lipinski definition) is 8. The monoisotopic (exact) mass is 508 g/mol. The quantitative estimate of drug-likeness (QED) is 0.369. The Morgan fingerprint density at radius 2 is 2.11 bits per heavy atom. The molecular weight excluding hydrogens is 476 g/mol. The van der Waals surface area contributed by atoms with E-state index in [9.17, 15) is 5.26 Å². The van der Waals surface area contributed by atoms with Gasteiger partial charge in [0.15, 0.2) is 0 Å². The van der Waals surface area contributed by atoms with E-state index in [2.05, 4.69) is 69.2 Å². The van der Waals surface area contributed by atoms with E-state index in [-0.39, 0.29) is 0 Å². The van der Waals surface area contributed by atoms with Crippen LogP contribution in [0.2, 0.25) is 0 Å². The average molecular weight is 509 g/mol. The Morgan fingerprint density at radius 3 is 2.87 bits per heavy atom. The van der Waals surface area contributed by atoms with Crippen molar-refractivity contribution in [2.75, 3.05) is 50.2 Å². The van der Waals surface area contributed by atoms with Crippen LogP contribution in [0.1, 0.15) is 24.0 Å². The largest absolute Gasteiger partial charge is 0.494 e. The van der Waals surface area contributed by atoms with Gasteiger partial charge < -0.3 is 30.2 Å². The maximum atomic E-state index is 9.87. The summed E-state index contributed by atoms with van der Waals surface area (Å²) < 4.78 is 8.02. The molecule has 0 unspecified atom stereocenters. The molecule has 38 heavy (non-hydrogen) atoms. The van der Waals surface area contributed by atoms with Crippen molar-refractivity contribution in [1.82, 2.24) is 19.4 Å². The summed E-state index contributed by atoms with van der Waals surface area (Å²) in [5.74, 6) is 1.04. The summed E-state index contributed by atoms with van der Waals surface area (Å²) in [6, 6.07) is 13.0. The lowest BCUT2D eigenvalue weighted by Crippen LogP contribution is -2.31. The van der Waals surface area contributed by atoms with Gasteiger partial charge in [-0.1, -0.05) is 18.2 Å². The van der Waals surface area contributed by atoms with Crippen LogP contribution in [0, 0.1) is 11.3 Å². The van der Waals surface area contributed by atoms with Gasteiger partial charge in [0, 0.05) is 48.9 Å². The lowest BCUT2D eigenvalue weighted by atomic mass is 10.0. The molecule has 1 fully saturated rings. The van der Waals surface area contributed by atoms with E-state index < -0.39 is 0 Å². The van der Waals surface area contributed by atoms with E-state index in [1.54, 1.807) is 13.3 Å². The Balaban J connectivity index is 1.36. The molecule has 0 aliphatic carbocycles. The number of ether oxygens (including phenoxy) is 1. The van der Waals surface area contributed by atoms with Gasteiger partial charge in [0.05, 0.1) is 47.1 Å². The minimum absolute atomic E-state index is 0.380. The molecule has 0 amide bonds. The molecule has 3 N–H and O–H groups in total. The normalized spacial score (nSPS) is 16.7. The molecule has 194 valence electrons. The highest BCUT2D eigenvalue weighted by Gasteiger charge is 2.26. The van der Waals surface area contributed by atoms with E-state index in [4.69, 9.17) is 15.5 Å². The van der Waals surface area contributed by atoms with Crippen molar-refractivity contribution in [2.24, 2.45) is 0 Å². The number of para-hydroxylation sites is 1. The SMILES string of the molecule is COc1cc(N2CC[C@H](N(C)C)C2)c(N)cc1Nc1ncc(C#N)c(-c2cn3c4c(cccc24)CCC3)n1. The molecule has 2 aliphatic rings. The second-order valence-corrected chi connectivity index (χ2v) is 10.3. The number of aryl methyl sites for hydroxylation is 2. The molecule has 2 aromatic carbocycles. The van der Waals surface area contributed by atoms with Gasteiger partial charge in [-0.3, -0.25) is 0 Å². The third kappa shape index (κ3) is 4.07. The number of nitrogen functional groups attached to an aromatic ring is 1. The molecule has 4 aromatic rings. The standard InChI is InChI=1S/C29H32N8O/c1-35(2)20-9-11-36(16-20)25-13-26(38-3)24(12-23(25)31)33-29-32-15-19(14-30)27(34-29)22-17-37-10-5-7-18-6-4-8-21(22)28(18)37/h4,6,8,12-13,15,17,20H,5,7,9-11,16,31H2,1-3H3,(H,32,33,34)/t20-/m0/s1. The van der Waals surface area contributed by atoms with Crippen molar-refractivity contribution in [1.29, 1.82) is 5.26 Å². The van der Waals surface area contributed by atoms with Gasteiger partial charge >= 0.3 is 0 Å². The van der Waals surface area contributed by atoms with Crippen molar-refractivity contribution in [2.45, 2.75) is 31.8 Å². The van der Waals surface area contributed by atoms with Crippen molar-refractivity contribution in [3.63, 3.8) is 0 Å². The van der Waals surface area contributed by atoms with Crippen molar-refractivity contribution < 1.29 is 4.74 Å². The third-order valence-electron chi connectivity index (χ3n) is 7.82. The lowest BCUT2D eigenvalue weighted by molar-refractivity contribution is 0.315. The van der Waals surface area contributed by atoms with Crippen LogP contribution >= 0.6 is 0 Å². The van der Waals surface area contributed by atoms with Crippen molar-refractivity contribution in [3.05, 3.63) is 53.9 Å². The Bertz CT molecular complexity index is 1570. The Morgan fingerprint density at radius 1 is 1.24 bits per heavy atom. The summed E-state index contributed by atoms with van der Waals surface area (Å²) >= 11 is 0. The molecule has 9 nitrogen and oxygen atoms in total. The zero-order valence-corrected chi connectivity index (χ0v) is 22.0. The van der Waals surface area contributed by atoms with Gasteiger partial charge in [0.1, 0.15) is 11.8 Å². The summed E-state index contributed by atoms with van der Waals surface area (Å²) in [5.41, 5.74) is 13.4. The first kappa shape index (κ1) is 24.1. The van der Waals surface area contributed by atoms with E-state index in [1.165, 1.54) is 11.1 Å². The number of hydrogen-bond donors (Lipinski definition) is 2. The summed E-state index contributed by atoms with van der Waals surface area (Å²) in [4.78, 5) is 13.8. The minimum Gasteiger partial charge on any atom is -0.494 e. The van der Waals surface area contributed by atoms with Crippen LogP contribution in [0.5, 0.6) is 5.75 Å². The first-order chi connectivity index (χ1) is 18.5. The number of methoxy groups -OCH3 is 1. The first-order valence-electron chi connectivity index (χ1n) is 13.0. The van der Waals surface area contributed by atoms with Crippen LogP contribution in [-0.4, -0.2) is 59.8 Å². The molecule has 9 heteroatoms. The molecule has 6 rings (SSSR count). The van der Waals surface area contributed by atoms with Crippen molar-refractivity contribution in [3.8, 4) is 23.1 Å². The molecule has 1 saturated heterocycles. The summed E-state index contributed by atoms with van der Waals surface area (Å²) in [6.45, 7) is 2.83. The van der Waals surface area contributed by atoms with Gasteiger partial charge in [-0.15, -0.1) is 0 Å². The second-order valence-electron chi connectivity index (χ2n) is 10.3. The highest BCUT2D eigenvalue weighted by atomic mass is 16.5. The van der Waals surface area contributed by atoms with Crippen LogP contribution in [0.25, 0.3) is 22.2 Å². The number of anilines is 4. The molecule has 0 radical (unpaired) electrons. The number of nitrogens with two attached hydrogens (primary N) is 1. The number of nitrogens with zero attached hydrogens (tertiary/aromatic N) is 6. The Labute approximate surface area is 222 Å². The highest BCUT2D eigenvalue weighted by molar-refractivity contribution is 5.98. The number of nitriles is 1. The van der Waals surface area contributed by atoms with E-state index in [0.29, 0.717) is 40.4 Å². The van der Waals surface area contributed by atoms with Crippen LogP contribution < -0.4 is 20.7 Å². The lowest BCUT2D eigenvalue weighted by Gasteiger charge is -2.24. The minimum atomic E-state index is 0.380. The van der Waals surface area contributed by atoms with Gasteiger partial charge in [-0.25, -0.2) is 9.97 Å². The Hall–Kier alpha value is -4.29. The zero-order valence-electron chi connectivity index (χ0n) is 22.0. The second kappa shape index (κ2) is 9.54. The van der Waals surface area contributed by atoms with E-state index in [0.717, 1.165) is 55.5 Å². The molecule has 4 heterocycles. The fourth-order valence-corrected chi connectivity index (χ4v) is 5.80. The average Bonchev–Trinajstić information content (AvgIpc) is 3.56. The predicted molar refractivity (Wildman–Crippen MR) is 151 cm³/mol. The topological polar surface area (TPSA) is 108 Å². The highest BCUT2D eigenvalue weighted by Crippen LogP contribution is 2.39. The fraction of sp³-hybridized carbons (Fsp3) is 0.345. The van der Waals surface area contributed by atoms with Gasteiger partial charge in [-0.2, -0.15) is 5.26 Å². The molecular formula is C29H32N8O. The van der Waals surface area contributed by atoms with Gasteiger partial charge in [0.25, 0.3) is 0 Å². The molecule has 1 atom stereocenters. The summed E-state index contributed by atoms with van der Waals surface area (Å²) in [5, 5.41) is 14.3. The van der Waals surface area contributed by atoms with Crippen molar-refractivity contribution >= 4 is 33.9 Å². The smallest absolute Gasteiger partial charge is 0.227 e. The van der Waals surface area contributed by atoms with Crippen LogP contribution in [0.4, 0.5) is 23.0 Å². The molecule has 0 bridgehead atoms. The maximum Gasteiger partial charge on any atom is 0.227 e. The number of benzene rings is 2. The number of likely N-dealkylation sites (N-methyl/N-ethyl adjacent to an activating group) is 1. The molecule has 2 aliphatic heterocycles. The molecule has 0 spiro atoms. The number of nitrogens with one attached hydrogen (secondary N) is 1. The zero-order chi connectivity index (χ0) is 26.4. The maximum absolute atomic E-state index is 9.87. The Kier molecular flexibility index (Phi) is 6.04. The molecule has 2 aromatic heterocycles. The van der Waals surface area contributed by atoms with Crippen LogP contribution in [-0.2, 0) is 13.0 Å². The van der Waals surface area contributed by atoms with E-state index >= 15 is 0 Å². The third-order valence-corrected chi connectivity index (χ3v) is 7.82. The first-order valence-corrected chi connectivity index (χ1v) is 13.0. The fourth-order valence-electron chi connectivity index (χ4n) is 5.80. The number of aromatic nitrogens is 3. The molecule has 0 saturated carbocycles. The van der Waals surface area contributed by atoms with E-state index in [1.807, 2.05) is 12.1 Å². The number of rotatable bonds is 6. The van der Waals surface area contributed by atoms with Gasteiger partial charge in [-0.05, 0) is 45.0 Å². The van der Waals surface area contributed by atoms with Crippen LogP contribution in [0.3, 0.4) is 0 Å². The predicted octanol–water partition coefficient (Wildman–Crippen LogP) is 4.39. The van der Waals surface area contributed by atoms with Crippen LogP contribution in [0.15, 0.2) is 42.7 Å². The van der Waals surface area contributed by atoms with Gasteiger partial charge in [0.2, 0.25) is 5.95 Å².